The van der Waals surface area contributed by atoms with Crippen LogP contribution < -0.4 is 4.74 Å². The molecular weight excluding hydrogens is 658 g/mol. The molecule has 1 aliphatic heterocycles. The van der Waals surface area contributed by atoms with Gasteiger partial charge in [-0.3, -0.25) is 14.5 Å². The minimum absolute atomic E-state index is 0.217. The highest BCUT2D eigenvalue weighted by Gasteiger charge is 2.35. The quantitative estimate of drug-likeness (QED) is 0.247. The number of ether oxygens (including phenoxy) is 1. The van der Waals surface area contributed by atoms with Crippen LogP contribution in [0.3, 0.4) is 0 Å². The van der Waals surface area contributed by atoms with Crippen LogP contribution in [0.25, 0.3) is 6.08 Å². The monoisotopic (exact) mass is 669 g/mol. The third-order valence-electron chi connectivity index (χ3n) is 4.77. The van der Waals surface area contributed by atoms with Gasteiger partial charge in [0.05, 0.1) is 20.4 Å². The van der Waals surface area contributed by atoms with Crippen molar-refractivity contribution < 1.29 is 14.3 Å². The molecular formula is C24H15Br3ClNO3S. The number of hydrogen-bond donors (Lipinski definition) is 0. The Labute approximate surface area is 225 Å². The molecule has 2 amide bonds. The number of rotatable bonds is 6. The highest BCUT2D eigenvalue weighted by atomic mass is 79.9. The maximum atomic E-state index is 12.9. The van der Waals surface area contributed by atoms with Crippen molar-refractivity contribution in [3.05, 3.63) is 101 Å². The molecule has 9 heteroatoms. The largest absolute Gasteiger partial charge is 0.487 e. The number of benzene rings is 3. The van der Waals surface area contributed by atoms with Gasteiger partial charge in [0.15, 0.2) is 0 Å². The summed E-state index contributed by atoms with van der Waals surface area (Å²) in [5.74, 6) is 0.334. The van der Waals surface area contributed by atoms with Crippen molar-refractivity contribution in [1.82, 2.24) is 4.90 Å². The first kappa shape index (κ1) is 24.5. The molecule has 1 fully saturated rings. The Morgan fingerprint density at radius 3 is 2.27 bits per heavy atom. The van der Waals surface area contributed by atoms with Crippen LogP contribution >= 0.6 is 71.2 Å². The van der Waals surface area contributed by atoms with E-state index in [1.807, 2.05) is 60.7 Å². The topological polar surface area (TPSA) is 46.6 Å². The van der Waals surface area contributed by atoms with Crippen LogP contribution in [0.1, 0.15) is 16.7 Å². The number of nitrogens with zero attached hydrogens (tertiary/aromatic N) is 1. The number of hydrogen-bond acceptors (Lipinski definition) is 4. The average Bonchev–Trinajstić information content (AvgIpc) is 3.03. The first-order chi connectivity index (χ1) is 15.8. The summed E-state index contributed by atoms with van der Waals surface area (Å²) < 4.78 is 8.26. The zero-order valence-electron chi connectivity index (χ0n) is 16.9. The van der Waals surface area contributed by atoms with E-state index >= 15 is 0 Å². The van der Waals surface area contributed by atoms with E-state index < -0.39 is 0 Å². The Morgan fingerprint density at radius 1 is 0.939 bits per heavy atom. The fourth-order valence-corrected chi connectivity index (χ4v) is 5.95. The molecule has 1 saturated heterocycles. The molecule has 1 aliphatic rings. The second kappa shape index (κ2) is 10.8. The molecule has 33 heavy (non-hydrogen) atoms. The zero-order chi connectivity index (χ0) is 23.5. The molecule has 1 heterocycles. The predicted octanol–water partition coefficient (Wildman–Crippen LogP) is 8.44. The van der Waals surface area contributed by atoms with E-state index in [-0.39, 0.29) is 17.7 Å². The van der Waals surface area contributed by atoms with E-state index in [1.165, 1.54) is 4.90 Å². The van der Waals surface area contributed by atoms with Gasteiger partial charge in [-0.15, -0.1) is 0 Å². The summed E-state index contributed by atoms with van der Waals surface area (Å²) in [5, 5.41) is 0.384. The number of amides is 2. The highest BCUT2D eigenvalue weighted by Crippen LogP contribution is 2.38. The molecule has 3 aromatic carbocycles. The Hall–Kier alpha value is -1.58. The standard InChI is InChI=1S/C24H15Br3ClNO3S/c25-18-4-2-1-3-16(18)12-29-23(30)21(33-24(29)31)11-15-9-19(26)22(20(27)10-15)32-13-14-5-7-17(28)8-6-14/h1-11H,12-13H2/b21-11+. The molecule has 4 nitrogen and oxygen atoms in total. The van der Waals surface area contributed by atoms with Crippen molar-refractivity contribution in [2.45, 2.75) is 13.2 Å². The van der Waals surface area contributed by atoms with Crippen molar-refractivity contribution in [2.75, 3.05) is 0 Å². The van der Waals surface area contributed by atoms with E-state index in [4.69, 9.17) is 16.3 Å². The van der Waals surface area contributed by atoms with Crippen molar-refractivity contribution >= 4 is 88.4 Å². The highest BCUT2D eigenvalue weighted by molar-refractivity contribution is 9.11. The average molecular weight is 673 g/mol. The lowest BCUT2D eigenvalue weighted by molar-refractivity contribution is -0.123. The molecule has 0 spiro atoms. The van der Waals surface area contributed by atoms with Crippen LogP contribution in [0.5, 0.6) is 5.75 Å². The summed E-state index contributed by atoms with van der Waals surface area (Å²) in [6, 6.07) is 18.7. The molecule has 0 radical (unpaired) electrons. The lowest BCUT2D eigenvalue weighted by Gasteiger charge is -2.13. The van der Waals surface area contributed by atoms with Gasteiger partial charge in [0.2, 0.25) is 0 Å². The summed E-state index contributed by atoms with van der Waals surface area (Å²) in [6.07, 6.45) is 1.71. The third-order valence-corrected chi connectivity index (χ3v) is 7.89. The summed E-state index contributed by atoms with van der Waals surface area (Å²) in [7, 11) is 0. The van der Waals surface area contributed by atoms with Crippen molar-refractivity contribution in [2.24, 2.45) is 0 Å². The van der Waals surface area contributed by atoms with E-state index in [2.05, 4.69) is 47.8 Å². The number of imide groups is 1. The maximum absolute atomic E-state index is 12.9. The SMILES string of the molecule is O=C1S/C(=C/c2cc(Br)c(OCc3ccc(Cl)cc3)c(Br)c2)C(=O)N1Cc1ccccc1Br. The lowest BCUT2D eigenvalue weighted by atomic mass is 10.2. The number of carbonyl (C=O) groups excluding carboxylic acids is 2. The number of carbonyl (C=O) groups is 2. The first-order valence-corrected chi connectivity index (χ1v) is 13.2. The van der Waals surface area contributed by atoms with Gasteiger partial charge in [-0.25, -0.2) is 0 Å². The fourth-order valence-electron chi connectivity index (χ4n) is 3.12. The maximum Gasteiger partial charge on any atom is 0.293 e. The van der Waals surface area contributed by atoms with Gasteiger partial charge < -0.3 is 4.74 Å². The summed E-state index contributed by atoms with van der Waals surface area (Å²) in [6.45, 7) is 0.593. The molecule has 0 bridgehead atoms. The predicted molar refractivity (Wildman–Crippen MR) is 143 cm³/mol. The Kier molecular flexibility index (Phi) is 8.02. The van der Waals surface area contributed by atoms with Crippen molar-refractivity contribution in [1.29, 1.82) is 0 Å². The van der Waals surface area contributed by atoms with E-state index in [1.54, 1.807) is 6.08 Å². The van der Waals surface area contributed by atoms with E-state index in [0.29, 0.717) is 22.3 Å². The first-order valence-electron chi connectivity index (χ1n) is 9.67. The van der Waals surface area contributed by atoms with Crippen LogP contribution in [0, 0.1) is 0 Å². The summed E-state index contributed by atoms with van der Waals surface area (Å²) >= 11 is 17.4. The van der Waals surface area contributed by atoms with Gasteiger partial charge in [-0.2, -0.15) is 0 Å². The fraction of sp³-hybridized carbons (Fsp3) is 0.0833. The van der Waals surface area contributed by atoms with Gasteiger partial charge in [-0.1, -0.05) is 57.9 Å². The molecule has 0 saturated carbocycles. The number of halogens is 4. The van der Waals surface area contributed by atoms with E-state index in [0.717, 1.165) is 41.9 Å². The number of thioether (sulfide) groups is 1. The minimum atomic E-state index is -0.309. The smallest absolute Gasteiger partial charge is 0.293 e. The lowest BCUT2D eigenvalue weighted by Crippen LogP contribution is -2.27. The second-order valence-corrected chi connectivity index (χ2v) is 11.1. The van der Waals surface area contributed by atoms with Crippen LogP contribution in [0.2, 0.25) is 5.02 Å². The van der Waals surface area contributed by atoms with Gasteiger partial charge in [-0.05, 0) is 96.7 Å². The Bertz CT molecular complexity index is 1240. The molecule has 3 aromatic rings. The van der Waals surface area contributed by atoms with Gasteiger partial charge in [0.1, 0.15) is 12.4 Å². The van der Waals surface area contributed by atoms with Crippen molar-refractivity contribution in [3.63, 3.8) is 0 Å². The zero-order valence-corrected chi connectivity index (χ0v) is 23.2. The van der Waals surface area contributed by atoms with Crippen LogP contribution in [0.15, 0.2) is 79.0 Å². The normalized spacial score (nSPS) is 14.9. The van der Waals surface area contributed by atoms with Crippen LogP contribution in [-0.4, -0.2) is 16.0 Å². The molecule has 0 unspecified atom stereocenters. The van der Waals surface area contributed by atoms with Crippen LogP contribution in [0.4, 0.5) is 4.79 Å². The minimum Gasteiger partial charge on any atom is -0.487 e. The van der Waals surface area contributed by atoms with Crippen molar-refractivity contribution in [3.8, 4) is 5.75 Å². The molecule has 0 aliphatic carbocycles. The second-order valence-electron chi connectivity index (χ2n) is 7.09. The van der Waals surface area contributed by atoms with Gasteiger partial charge in [0, 0.05) is 9.50 Å². The summed E-state index contributed by atoms with van der Waals surface area (Å²) in [5.41, 5.74) is 2.62. The Morgan fingerprint density at radius 2 is 1.61 bits per heavy atom. The van der Waals surface area contributed by atoms with Gasteiger partial charge >= 0.3 is 0 Å². The molecule has 4 rings (SSSR count). The molecule has 168 valence electrons. The Balaban J connectivity index is 1.50. The molecule has 0 N–H and O–H groups in total. The van der Waals surface area contributed by atoms with Gasteiger partial charge in [0.25, 0.3) is 11.1 Å². The molecule has 0 aromatic heterocycles. The third kappa shape index (κ3) is 5.92. The van der Waals surface area contributed by atoms with Crippen LogP contribution in [-0.2, 0) is 17.9 Å². The summed E-state index contributed by atoms with van der Waals surface area (Å²) in [4.78, 5) is 27.0. The van der Waals surface area contributed by atoms with E-state index in [9.17, 15) is 9.59 Å². The molecule has 0 atom stereocenters.